The van der Waals surface area contributed by atoms with Gasteiger partial charge in [0.1, 0.15) is 11.3 Å². The maximum atomic E-state index is 12.3. The fourth-order valence-corrected chi connectivity index (χ4v) is 4.11. The van der Waals surface area contributed by atoms with E-state index in [1.807, 2.05) is 36.5 Å². The lowest BCUT2D eigenvalue weighted by molar-refractivity contribution is 0.100. The van der Waals surface area contributed by atoms with Crippen molar-refractivity contribution in [1.82, 2.24) is 14.5 Å². The molecule has 7 nitrogen and oxygen atoms in total. The number of ether oxygens (including phenoxy) is 1. The first-order valence-electron chi connectivity index (χ1n) is 10.2. The number of rotatable bonds is 4. The summed E-state index contributed by atoms with van der Waals surface area (Å²) in [5.41, 5.74) is 10.5. The van der Waals surface area contributed by atoms with Gasteiger partial charge in [-0.05, 0) is 24.3 Å². The summed E-state index contributed by atoms with van der Waals surface area (Å²) in [6, 6.07) is 14.1. The van der Waals surface area contributed by atoms with Gasteiger partial charge in [0.25, 0.3) is 5.91 Å². The molecule has 30 heavy (non-hydrogen) atoms. The van der Waals surface area contributed by atoms with Crippen molar-refractivity contribution in [2.24, 2.45) is 5.73 Å². The number of aromatic nitrogens is 3. The Morgan fingerprint density at radius 3 is 2.70 bits per heavy atom. The van der Waals surface area contributed by atoms with Gasteiger partial charge in [0, 0.05) is 30.6 Å². The number of aryl methyl sites for hydroxylation is 1. The highest BCUT2D eigenvalue weighted by Crippen LogP contribution is 2.30. The minimum Gasteiger partial charge on any atom is -0.378 e. The number of morpholine rings is 1. The minimum atomic E-state index is -0.473. The normalized spacial score (nSPS) is 14.5. The monoisotopic (exact) mass is 401 g/mol. The van der Waals surface area contributed by atoms with Gasteiger partial charge in [-0.3, -0.25) is 14.3 Å². The molecule has 152 valence electrons. The van der Waals surface area contributed by atoms with Crippen molar-refractivity contribution >= 4 is 33.5 Å². The summed E-state index contributed by atoms with van der Waals surface area (Å²) in [7, 11) is 0. The molecule has 1 fully saturated rings. The van der Waals surface area contributed by atoms with Crippen molar-refractivity contribution in [3.63, 3.8) is 0 Å². The lowest BCUT2D eigenvalue weighted by Gasteiger charge is -2.29. The number of carbonyl (C=O) groups excluding carboxylic acids is 1. The van der Waals surface area contributed by atoms with Crippen molar-refractivity contribution in [1.29, 1.82) is 0 Å². The number of hydrogen-bond donors (Lipinski definition) is 1. The number of fused-ring (bicyclic) bond motifs is 2. The Bertz CT molecular complexity index is 1260. The highest BCUT2D eigenvalue weighted by atomic mass is 16.5. The Labute approximate surface area is 174 Å². The third-order valence-electron chi connectivity index (χ3n) is 5.61. The van der Waals surface area contributed by atoms with Crippen LogP contribution in [0.4, 0.5) is 5.69 Å². The van der Waals surface area contributed by atoms with E-state index in [2.05, 4.69) is 33.5 Å². The molecule has 1 aliphatic rings. The number of nitrogens with two attached hydrogens (primary N) is 1. The van der Waals surface area contributed by atoms with Crippen molar-refractivity contribution in [3.8, 4) is 5.69 Å². The molecule has 1 saturated heterocycles. The molecular formula is C23H23N5O2. The van der Waals surface area contributed by atoms with Crippen LogP contribution in [-0.2, 0) is 11.2 Å². The van der Waals surface area contributed by atoms with Gasteiger partial charge in [0.05, 0.1) is 41.7 Å². The van der Waals surface area contributed by atoms with Crippen LogP contribution in [0.1, 0.15) is 23.1 Å². The lowest BCUT2D eigenvalue weighted by Crippen LogP contribution is -2.36. The standard InChI is InChI=1S/C23H23N5O2/c1-2-21-26-22-18(23(24)29)12-16(27-7-9-30-10-8-27)13-20(22)28(21)17-11-15-5-3-4-6-19(15)25-14-17/h3-6,11-14H,2,7-10H2,1H3,(H2,24,29). The van der Waals surface area contributed by atoms with Crippen LogP contribution in [0, 0.1) is 0 Å². The number of primary amides is 1. The molecule has 4 aromatic rings. The molecule has 2 aromatic heterocycles. The van der Waals surface area contributed by atoms with Gasteiger partial charge in [0.15, 0.2) is 0 Å². The Morgan fingerprint density at radius 1 is 1.13 bits per heavy atom. The average Bonchev–Trinajstić information content (AvgIpc) is 3.17. The topological polar surface area (TPSA) is 86.3 Å². The van der Waals surface area contributed by atoms with Crippen LogP contribution in [-0.4, -0.2) is 46.7 Å². The second-order valence-corrected chi connectivity index (χ2v) is 7.43. The quantitative estimate of drug-likeness (QED) is 0.568. The molecule has 0 radical (unpaired) electrons. The number of amides is 1. The highest BCUT2D eigenvalue weighted by molar-refractivity contribution is 6.06. The Balaban J connectivity index is 1.77. The first-order chi connectivity index (χ1) is 14.7. The number of pyridine rings is 1. The van der Waals surface area contributed by atoms with E-state index in [0.29, 0.717) is 30.7 Å². The van der Waals surface area contributed by atoms with Crippen LogP contribution in [0.2, 0.25) is 0 Å². The molecule has 0 aliphatic carbocycles. The first kappa shape index (κ1) is 18.6. The largest absolute Gasteiger partial charge is 0.378 e. The number of nitrogens with zero attached hydrogens (tertiary/aromatic N) is 4. The molecule has 1 amide bonds. The number of anilines is 1. The first-order valence-corrected chi connectivity index (χ1v) is 10.2. The summed E-state index contributed by atoms with van der Waals surface area (Å²) in [6.07, 6.45) is 2.57. The van der Waals surface area contributed by atoms with Gasteiger partial charge in [-0.1, -0.05) is 25.1 Å². The Kier molecular flexibility index (Phi) is 4.59. The van der Waals surface area contributed by atoms with Crippen LogP contribution in [0.3, 0.4) is 0 Å². The van der Waals surface area contributed by atoms with E-state index in [1.54, 1.807) is 0 Å². The highest BCUT2D eigenvalue weighted by Gasteiger charge is 2.21. The zero-order valence-electron chi connectivity index (χ0n) is 16.8. The zero-order chi connectivity index (χ0) is 20.7. The fourth-order valence-electron chi connectivity index (χ4n) is 4.11. The number of hydrogen-bond acceptors (Lipinski definition) is 5. The van der Waals surface area contributed by atoms with E-state index in [4.69, 9.17) is 15.5 Å². The predicted molar refractivity (Wildman–Crippen MR) is 117 cm³/mol. The molecule has 0 bridgehead atoms. The molecule has 0 atom stereocenters. The Morgan fingerprint density at radius 2 is 1.93 bits per heavy atom. The molecule has 2 aromatic carbocycles. The van der Waals surface area contributed by atoms with Gasteiger partial charge < -0.3 is 15.4 Å². The van der Waals surface area contributed by atoms with Crippen molar-refractivity contribution in [2.75, 3.05) is 31.2 Å². The van der Waals surface area contributed by atoms with Crippen molar-refractivity contribution < 1.29 is 9.53 Å². The van der Waals surface area contributed by atoms with Gasteiger partial charge in [-0.2, -0.15) is 0 Å². The summed E-state index contributed by atoms with van der Waals surface area (Å²) in [4.78, 5) is 23.9. The molecule has 5 rings (SSSR count). The molecule has 0 unspecified atom stereocenters. The number of carbonyl (C=O) groups is 1. The smallest absolute Gasteiger partial charge is 0.251 e. The molecular weight excluding hydrogens is 378 g/mol. The van der Waals surface area contributed by atoms with E-state index in [9.17, 15) is 4.79 Å². The maximum absolute atomic E-state index is 12.3. The molecule has 0 spiro atoms. The van der Waals surface area contributed by atoms with Crippen LogP contribution in [0.15, 0.2) is 48.7 Å². The summed E-state index contributed by atoms with van der Waals surface area (Å²) in [6.45, 7) is 4.93. The summed E-state index contributed by atoms with van der Waals surface area (Å²) in [5, 5.41) is 1.05. The summed E-state index contributed by atoms with van der Waals surface area (Å²) in [5.74, 6) is 0.391. The summed E-state index contributed by atoms with van der Waals surface area (Å²) >= 11 is 0. The third-order valence-corrected chi connectivity index (χ3v) is 5.61. The van der Waals surface area contributed by atoms with Gasteiger partial charge in [0.2, 0.25) is 0 Å². The van der Waals surface area contributed by atoms with E-state index in [-0.39, 0.29) is 0 Å². The van der Waals surface area contributed by atoms with E-state index < -0.39 is 5.91 Å². The predicted octanol–water partition coefficient (Wildman–Crippen LogP) is 3.07. The van der Waals surface area contributed by atoms with Crippen molar-refractivity contribution in [2.45, 2.75) is 13.3 Å². The second kappa shape index (κ2) is 7.42. The van der Waals surface area contributed by atoms with E-state index in [0.717, 1.165) is 46.7 Å². The van der Waals surface area contributed by atoms with Crippen LogP contribution in [0.25, 0.3) is 27.6 Å². The van der Waals surface area contributed by atoms with Gasteiger partial charge in [-0.25, -0.2) is 4.98 Å². The van der Waals surface area contributed by atoms with Crippen LogP contribution < -0.4 is 10.6 Å². The maximum Gasteiger partial charge on any atom is 0.251 e. The zero-order valence-corrected chi connectivity index (χ0v) is 16.8. The second-order valence-electron chi connectivity index (χ2n) is 7.43. The lowest BCUT2D eigenvalue weighted by atomic mass is 10.1. The van der Waals surface area contributed by atoms with Crippen LogP contribution in [0.5, 0.6) is 0 Å². The third kappa shape index (κ3) is 3.07. The SMILES string of the molecule is CCc1nc2c(C(N)=O)cc(N3CCOCC3)cc2n1-c1cnc2ccccc2c1. The van der Waals surface area contributed by atoms with Crippen molar-refractivity contribution in [3.05, 3.63) is 60.0 Å². The molecule has 0 saturated carbocycles. The number of para-hydroxylation sites is 1. The number of imidazole rings is 1. The van der Waals surface area contributed by atoms with E-state index >= 15 is 0 Å². The van der Waals surface area contributed by atoms with Crippen LogP contribution >= 0.6 is 0 Å². The van der Waals surface area contributed by atoms with Gasteiger partial charge in [-0.15, -0.1) is 0 Å². The van der Waals surface area contributed by atoms with Gasteiger partial charge >= 0.3 is 0 Å². The van der Waals surface area contributed by atoms with E-state index in [1.165, 1.54) is 0 Å². The minimum absolute atomic E-state index is 0.441. The molecule has 3 heterocycles. The Hall–Kier alpha value is -3.45. The molecule has 7 heteroatoms. The molecule has 1 aliphatic heterocycles. The average molecular weight is 401 g/mol. The fraction of sp³-hybridized carbons (Fsp3) is 0.261. The number of benzene rings is 2. The summed E-state index contributed by atoms with van der Waals surface area (Å²) < 4.78 is 7.57. The molecule has 2 N–H and O–H groups in total.